The SMILES string of the molecule is CC(=O)NC[C@@H]1CCN(C(=O)[C@@H]2CCCN(C(=O)Cc3ccc(F)cc3)C2)C1. The van der Waals surface area contributed by atoms with Gasteiger partial charge in [-0.2, -0.15) is 0 Å². The summed E-state index contributed by atoms with van der Waals surface area (Å²) in [5.74, 6) is -0.133. The minimum absolute atomic E-state index is 0.0194. The molecule has 1 aromatic carbocycles. The number of piperidine rings is 1. The van der Waals surface area contributed by atoms with E-state index in [1.807, 2.05) is 4.90 Å². The predicted octanol–water partition coefficient (Wildman–Crippen LogP) is 1.59. The maximum absolute atomic E-state index is 13.0. The van der Waals surface area contributed by atoms with Crippen LogP contribution in [0.5, 0.6) is 0 Å². The number of halogens is 1. The van der Waals surface area contributed by atoms with Crippen molar-refractivity contribution in [2.45, 2.75) is 32.6 Å². The van der Waals surface area contributed by atoms with Gasteiger partial charge in [-0.3, -0.25) is 14.4 Å². The molecular weight excluding hydrogens is 361 g/mol. The highest BCUT2D eigenvalue weighted by atomic mass is 19.1. The number of rotatable bonds is 5. The summed E-state index contributed by atoms with van der Waals surface area (Å²) < 4.78 is 13.0. The lowest BCUT2D eigenvalue weighted by Gasteiger charge is -2.34. The average Bonchev–Trinajstić information content (AvgIpc) is 3.16. The third-order valence-corrected chi connectivity index (χ3v) is 5.63. The van der Waals surface area contributed by atoms with Crippen LogP contribution in [0.3, 0.4) is 0 Å². The Bertz CT molecular complexity index is 722. The molecule has 0 unspecified atom stereocenters. The number of hydrogen-bond donors (Lipinski definition) is 1. The summed E-state index contributed by atoms with van der Waals surface area (Å²) in [5, 5.41) is 2.82. The molecule has 2 aliphatic heterocycles. The summed E-state index contributed by atoms with van der Waals surface area (Å²) >= 11 is 0. The fraction of sp³-hybridized carbons (Fsp3) is 0.571. The van der Waals surface area contributed by atoms with E-state index in [2.05, 4.69) is 5.32 Å². The largest absolute Gasteiger partial charge is 0.356 e. The molecule has 2 aliphatic rings. The van der Waals surface area contributed by atoms with Crippen LogP contribution in [0.2, 0.25) is 0 Å². The van der Waals surface area contributed by atoms with E-state index in [9.17, 15) is 18.8 Å². The predicted molar refractivity (Wildman–Crippen MR) is 103 cm³/mol. The van der Waals surface area contributed by atoms with E-state index < -0.39 is 0 Å². The van der Waals surface area contributed by atoms with Gasteiger partial charge in [0.1, 0.15) is 5.82 Å². The lowest BCUT2D eigenvalue weighted by Crippen LogP contribution is -2.46. The maximum Gasteiger partial charge on any atom is 0.227 e. The van der Waals surface area contributed by atoms with Crippen LogP contribution >= 0.6 is 0 Å². The zero-order valence-electron chi connectivity index (χ0n) is 16.3. The van der Waals surface area contributed by atoms with Gasteiger partial charge in [0.05, 0.1) is 12.3 Å². The van der Waals surface area contributed by atoms with Gasteiger partial charge in [0.15, 0.2) is 0 Å². The Balaban J connectivity index is 1.51. The fourth-order valence-corrected chi connectivity index (χ4v) is 4.04. The van der Waals surface area contributed by atoms with E-state index in [0.29, 0.717) is 38.6 Å². The molecule has 1 N–H and O–H groups in total. The van der Waals surface area contributed by atoms with Gasteiger partial charge in [-0.1, -0.05) is 12.1 Å². The molecule has 6 nitrogen and oxygen atoms in total. The molecule has 0 saturated carbocycles. The van der Waals surface area contributed by atoms with Crippen LogP contribution in [0.25, 0.3) is 0 Å². The molecule has 2 saturated heterocycles. The van der Waals surface area contributed by atoms with Crippen molar-refractivity contribution in [3.05, 3.63) is 35.6 Å². The zero-order chi connectivity index (χ0) is 20.1. The van der Waals surface area contributed by atoms with E-state index in [-0.39, 0.29) is 35.9 Å². The highest BCUT2D eigenvalue weighted by Gasteiger charge is 2.34. The van der Waals surface area contributed by atoms with Gasteiger partial charge < -0.3 is 15.1 Å². The number of likely N-dealkylation sites (tertiary alicyclic amines) is 2. The molecule has 28 heavy (non-hydrogen) atoms. The number of hydrogen-bond acceptors (Lipinski definition) is 3. The van der Waals surface area contributed by atoms with Crippen LogP contribution in [0.4, 0.5) is 4.39 Å². The molecule has 2 atom stereocenters. The Morgan fingerprint density at radius 1 is 1.07 bits per heavy atom. The van der Waals surface area contributed by atoms with Crippen LogP contribution in [-0.4, -0.2) is 60.2 Å². The Kier molecular flexibility index (Phi) is 6.65. The summed E-state index contributed by atoms with van der Waals surface area (Å²) in [6, 6.07) is 5.96. The molecule has 7 heteroatoms. The summed E-state index contributed by atoms with van der Waals surface area (Å²) in [7, 11) is 0. The Hall–Kier alpha value is -2.44. The summed E-state index contributed by atoms with van der Waals surface area (Å²) in [6.07, 6.45) is 2.73. The molecule has 1 aromatic rings. The molecule has 0 bridgehead atoms. The van der Waals surface area contributed by atoms with E-state index >= 15 is 0 Å². The highest BCUT2D eigenvalue weighted by Crippen LogP contribution is 2.24. The van der Waals surface area contributed by atoms with Gasteiger partial charge >= 0.3 is 0 Å². The van der Waals surface area contributed by atoms with Crippen LogP contribution in [0.1, 0.15) is 31.7 Å². The zero-order valence-corrected chi connectivity index (χ0v) is 16.3. The Labute approximate surface area is 165 Å². The van der Waals surface area contributed by atoms with Gasteiger partial charge in [-0.25, -0.2) is 4.39 Å². The molecule has 3 amide bonds. The van der Waals surface area contributed by atoms with Crippen molar-refractivity contribution >= 4 is 17.7 Å². The van der Waals surface area contributed by atoms with Crippen LogP contribution in [0, 0.1) is 17.7 Å². The molecule has 0 aromatic heterocycles. The van der Waals surface area contributed by atoms with Crippen LogP contribution < -0.4 is 5.32 Å². The first kappa shape index (κ1) is 20.3. The third kappa shape index (κ3) is 5.30. The molecule has 0 aliphatic carbocycles. The third-order valence-electron chi connectivity index (χ3n) is 5.63. The molecule has 0 radical (unpaired) electrons. The second-order valence-electron chi connectivity index (χ2n) is 7.86. The van der Waals surface area contributed by atoms with Crippen molar-refractivity contribution in [3.63, 3.8) is 0 Å². The van der Waals surface area contributed by atoms with Gasteiger partial charge in [0.2, 0.25) is 17.7 Å². The number of benzene rings is 1. The quantitative estimate of drug-likeness (QED) is 0.832. The van der Waals surface area contributed by atoms with E-state index in [1.165, 1.54) is 19.1 Å². The number of amides is 3. The standard InChI is InChI=1S/C21H28FN3O3/c1-15(26)23-12-17-8-10-25(13-17)21(28)18-3-2-9-24(14-18)20(27)11-16-4-6-19(22)7-5-16/h4-7,17-18H,2-3,8-14H2,1H3,(H,23,26)/t17-,18+/m0/s1. The van der Waals surface area contributed by atoms with E-state index in [4.69, 9.17) is 0 Å². The van der Waals surface area contributed by atoms with Gasteiger partial charge in [-0.15, -0.1) is 0 Å². The second-order valence-corrected chi connectivity index (χ2v) is 7.86. The fourth-order valence-electron chi connectivity index (χ4n) is 4.04. The normalized spacial score (nSPS) is 22.2. The van der Waals surface area contributed by atoms with Crippen molar-refractivity contribution in [1.82, 2.24) is 15.1 Å². The van der Waals surface area contributed by atoms with Crippen molar-refractivity contribution in [3.8, 4) is 0 Å². The molecule has 3 rings (SSSR count). The van der Waals surface area contributed by atoms with Gasteiger partial charge in [0.25, 0.3) is 0 Å². The van der Waals surface area contributed by atoms with Gasteiger partial charge in [0, 0.05) is 39.6 Å². The molecular formula is C21H28FN3O3. The lowest BCUT2D eigenvalue weighted by molar-refractivity contribution is -0.140. The maximum atomic E-state index is 13.0. The van der Waals surface area contributed by atoms with Gasteiger partial charge in [-0.05, 0) is 42.9 Å². The van der Waals surface area contributed by atoms with Crippen molar-refractivity contribution < 1.29 is 18.8 Å². The van der Waals surface area contributed by atoms with E-state index in [1.54, 1.807) is 17.0 Å². The molecule has 2 fully saturated rings. The average molecular weight is 389 g/mol. The second kappa shape index (κ2) is 9.17. The smallest absolute Gasteiger partial charge is 0.227 e. The van der Waals surface area contributed by atoms with Crippen molar-refractivity contribution in [2.24, 2.45) is 11.8 Å². The minimum atomic E-state index is -0.317. The number of carbonyl (C=O) groups is 3. The number of carbonyl (C=O) groups excluding carboxylic acids is 3. The summed E-state index contributed by atoms with van der Waals surface area (Å²) in [5.41, 5.74) is 0.778. The first-order valence-corrected chi connectivity index (χ1v) is 9.98. The number of nitrogens with one attached hydrogen (secondary N) is 1. The van der Waals surface area contributed by atoms with Crippen molar-refractivity contribution in [1.29, 1.82) is 0 Å². The lowest BCUT2D eigenvalue weighted by atomic mass is 9.96. The Morgan fingerprint density at radius 2 is 1.82 bits per heavy atom. The Morgan fingerprint density at radius 3 is 2.54 bits per heavy atom. The topological polar surface area (TPSA) is 69.7 Å². The van der Waals surface area contributed by atoms with Crippen molar-refractivity contribution in [2.75, 3.05) is 32.7 Å². The molecule has 2 heterocycles. The minimum Gasteiger partial charge on any atom is -0.356 e. The first-order valence-electron chi connectivity index (χ1n) is 9.98. The monoisotopic (exact) mass is 389 g/mol. The van der Waals surface area contributed by atoms with Crippen LogP contribution in [-0.2, 0) is 20.8 Å². The summed E-state index contributed by atoms with van der Waals surface area (Å²) in [4.78, 5) is 40.2. The number of nitrogens with zero attached hydrogens (tertiary/aromatic N) is 2. The molecule has 0 spiro atoms. The molecule has 152 valence electrons. The van der Waals surface area contributed by atoms with E-state index in [0.717, 1.165) is 24.8 Å². The summed E-state index contributed by atoms with van der Waals surface area (Å²) in [6.45, 7) is 4.59. The van der Waals surface area contributed by atoms with Crippen LogP contribution in [0.15, 0.2) is 24.3 Å². The highest BCUT2D eigenvalue weighted by molar-refractivity contribution is 5.82. The first-order chi connectivity index (χ1) is 13.4.